The number of rotatable bonds is 3. The van der Waals surface area contributed by atoms with Gasteiger partial charge < -0.3 is 10.4 Å². The van der Waals surface area contributed by atoms with E-state index in [0.29, 0.717) is 17.4 Å². The highest BCUT2D eigenvalue weighted by Crippen LogP contribution is 2.36. The van der Waals surface area contributed by atoms with E-state index in [4.69, 9.17) is 0 Å². The van der Waals surface area contributed by atoms with Crippen LogP contribution in [0.5, 0.6) is 5.75 Å². The molecule has 1 aliphatic rings. The number of phenols is 1. The van der Waals surface area contributed by atoms with Gasteiger partial charge in [0.2, 0.25) is 0 Å². The predicted molar refractivity (Wildman–Crippen MR) is 79.3 cm³/mol. The number of phenolic OH excluding ortho intramolecular Hbond substituents is 1. The van der Waals surface area contributed by atoms with E-state index in [-0.39, 0.29) is 11.9 Å². The first-order valence-electron chi connectivity index (χ1n) is 7.23. The number of carbonyl (C=O) groups excluding carboxylic acids is 1. The van der Waals surface area contributed by atoms with Gasteiger partial charge in [0.15, 0.2) is 0 Å². The fourth-order valence-electron chi connectivity index (χ4n) is 2.77. The van der Waals surface area contributed by atoms with E-state index in [2.05, 4.69) is 15.5 Å². The minimum Gasteiger partial charge on any atom is -0.508 e. The van der Waals surface area contributed by atoms with Gasteiger partial charge in [0.05, 0.1) is 6.04 Å². The smallest absolute Gasteiger partial charge is 0.272 e. The zero-order chi connectivity index (χ0) is 15.0. The number of nitrogens with zero attached hydrogens (tertiary/aromatic N) is 1. The molecule has 0 radical (unpaired) electrons. The molecule has 5 nitrogen and oxygen atoms in total. The minimum absolute atomic E-state index is 0.0567. The Morgan fingerprint density at radius 1 is 1.48 bits per heavy atom. The van der Waals surface area contributed by atoms with E-state index >= 15 is 0 Å². The Bertz CT molecular complexity index is 676. The van der Waals surface area contributed by atoms with Gasteiger partial charge in [-0.2, -0.15) is 5.10 Å². The van der Waals surface area contributed by atoms with Crippen LogP contribution in [-0.2, 0) is 6.42 Å². The Kier molecular flexibility index (Phi) is 3.41. The maximum Gasteiger partial charge on any atom is 0.272 e. The average Bonchev–Trinajstić information content (AvgIpc) is 3.07. The zero-order valence-electron chi connectivity index (χ0n) is 12.2. The van der Waals surface area contributed by atoms with Crippen molar-refractivity contribution in [2.24, 2.45) is 0 Å². The number of hydrogen-bond donors (Lipinski definition) is 3. The molecule has 1 atom stereocenters. The predicted octanol–water partition coefficient (Wildman–Crippen LogP) is 2.66. The van der Waals surface area contributed by atoms with Gasteiger partial charge in [-0.3, -0.25) is 9.89 Å². The highest BCUT2D eigenvalue weighted by Gasteiger charge is 2.26. The number of amides is 1. The Balaban J connectivity index is 1.76. The highest BCUT2D eigenvalue weighted by molar-refractivity contribution is 5.92. The lowest BCUT2D eigenvalue weighted by atomic mass is 10.1. The van der Waals surface area contributed by atoms with Crippen molar-refractivity contribution >= 4 is 5.91 Å². The summed E-state index contributed by atoms with van der Waals surface area (Å²) in [5.74, 6) is 0.439. The molecule has 1 heterocycles. The summed E-state index contributed by atoms with van der Waals surface area (Å²) in [5.41, 5.74) is 3.30. The topological polar surface area (TPSA) is 78.0 Å². The molecular formula is C16H19N3O2. The molecular weight excluding hydrogens is 266 g/mol. The molecule has 3 rings (SSSR count). The van der Waals surface area contributed by atoms with Gasteiger partial charge in [0.25, 0.3) is 5.91 Å². The van der Waals surface area contributed by atoms with Crippen LogP contribution >= 0.6 is 0 Å². The minimum atomic E-state index is -0.181. The monoisotopic (exact) mass is 285 g/mol. The van der Waals surface area contributed by atoms with Gasteiger partial charge >= 0.3 is 0 Å². The third kappa shape index (κ3) is 2.51. The summed E-state index contributed by atoms with van der Waals surface area (Å²) >= 11 is 0. The summed E-state index contributed by atoms with van der Waals surface area (Å²) in [5, 5.41) is 19.8. The van der Waals surface area contributed by atoms with E-state index < -0.39 is 0 Å². The summed E-state index contributed by atoms with van der Waals surface area (Å²) in [6.45, 7) is 4.09. The summed E-state index contributed by atoms with van der Waals surface area (Å²) in [4.78, 5) is 12.3. The number of carbonyl (C=O) groups is 1. The molecule has 0 bridgehead atoms. The van der Waals surface area contributed by atoms with E-state index in [0.717, 1.165) is 29.7 Å². The van der Waals surface area contributed by atoms with E-state index in [1.54, 1.807) is 12.1 Å². The van der Waals surface area contributed by atoms with Crippen molar-refractivity contribution in [1.29, 1.82) is 0 Å². The number of aromatic amines is 1. The zero-order valence-corrected chi connectivity index (χ0v) is 12.2. The number of aromatic nitrogens is 2. The molecule has 1 aromatic heterocycles. The molecule has 0 spiro atoms. The molecule has 1 aliphatic carbocycles. The molecule has 0 saturated heterocycles. The fraction of sp³-hybridized carbons (Fsp3) is 0.375. The van der Waals surface area contributed by atoms with Crippen molar-refractivity contribution in [1.82, 2.24) is 15.5 Å². The lowest BCUT2D eigenvalue weighted by molar-refractivity contribution is 0.0931. The van der Waals surface area contributed by atoms with Crippen LogP contribution in [-0.4, -0.2) is 21.2 Å². The molecule has 3 N–H and O–H groups in total. The second kappa shape index (κ2) is 5.24. The molecule has 1 unspecified atom stereocenters. The van der Waals surface area contributed by atoms with Gasteiger partial charge in [0.1, 0.15) is 11.4 Å². The van der Waals surface area contributed by atoms with Crippen LogP contribution < -0.4 is 5.32 Å². The summed E-state index contributed by atoms with van der Waals surface area (Å²) < 4.78 is 0. The Morgan fingerprint density at radius 3 is 3.00 bits per heavy atom. The van der Waals surface area contributed by atoms with Crippen LogP contribution in [0.2, 0.25) is 0 Å². The highest BCUT2D eigenvalue weighted by atomic mass is 16.3. The number of H-pyrrole nitrogens is 1. The molecule has 1 aromatic carbocycles. The first kappa shape index (κ1) is 13.7. The third-order valence-corrected chi connectivity index (χ3v) is 4.00. The quantitative estimate of drug-likeness (QED) is 0.811. The summed E-state index contributed by atoms with van der Waals surface area (Å²) in [7, 11) is 0. The number of benzene rings is 1. The number of aromatic hydroxyl groups is 1. The van der Waals surface area contributed by atoms with Crippen molar-refractivity contribution in [3.8, 4) is 5.75 Å². The first-order chi connectivity index (χ1) is 10.1. The number of nitrogens with one attached hydrogen (secondary N) is 2. The molecule has 0 saturated carbocycles. The van der Waals surface area contributed by atoms with Crippen LogP contribution in [0.3, 0.4) is 0 Å². The molecule has 110 valence electrons. The van der Waals surface area contributed by atoms with Gasteiger partial charge in [-0.25, -0.2) is 0 Å². The van der Waals surface area contributed by atoms with Crippen LogP contribution in [0, 0.1) is 0 Å². The van der Waals surface area contributed by atoms with Crippen molar-refractivity contribution in [2.75, 3.05) is 0 Å². The van der Waals surface area contributed by atoms with Gasteiger partial charge in [0, 0.05) is 5.69 Å². The molecule has 0 fully saturated rings. The summed E-state index contributed by atoms with van der Waals surface area (Å²) in [6.07, 6.45) is 1.59. The van der Waals surface area contributed by atoms with Crippen LogP contribution in [0.25, 0.3) is 0 Å². The van der Waals surface area contributed by atoms with Crippen molar-refractivity contribution < 1.29 is 9.90 Å². The molecule has 1 amide bonds. The first-order valence-corrected chi connectivity index (χ1v) is 7.23. The van der Waals surface area contributed by atoms with E-state index in [1.807, 2.05) is 26.0 Å². The van der Waals surface area contributed by atoms with Gasteiger partial charge in [-0.1, -0.05) is 26.0 Å². The second-order valence-electron chi connectivity index (χ2n) is 5.77. The number of fused-ring (bicyclic) bond motifs is 1. The third-order valence-electron chi connectivity index (χ3n) is 4.00. The van der Waals surface area contributed by atoms with Crippen LogP contribution in [0.15, 0.2) is 24.3 Å². The normalized spacial score (nSPS) is 17.0. The van der Waals surface area contributed by atoms with E-state index in [1.165, 1.54) is 0 Å². The van der Waals surface area contributed by atoms with Crippen molar-refractivity contribution in [3.05, 3.63) is 46.8 Å². The maximum atomic E-state index is 12.3. The van der Waals surface area contributed by atoms with Crippen molar-refractivity contribution in [3.63, 3.8) is 0 Å². The fourth-order valence-corrected chi connectivity index (χ4v) is 2.77. The maximum absolute atomic E-state index is 12.3. The van der Waals surface area contributed by atoms with Gasteiger partial charge in [-0.15, -0.1) is 0 Å². The SMILES string of the molecule is CC(C)c1cc(C(=O)NC2CCc3c(O)cccc32)n[nH]1. The molecule has 2 aromatic rings. The number of hydrogen-bond acceptors (Lipinski definition) is 3. The molecule has 5 heteroatoms. The van der Waals surface area contributed by atoms with E-state index in [9.17, 15) is 9.90 Å². The average molecular weight is 285 g/mol. The van der Waals surface area contributed by atoms with Crippen molar-refractivity contribution in [2.45, 2.75) is 38.6 Å². The van der Waals surface area contributed by atoms with Gasteiger partial charge in [-0.05, 0) is 42.0 Å². The summed E-state index contributed by atoms with van der Waals surface area (Å²) in [6, 6.07) is 7.18. The molecule has 21 heavy (non-hydrogen) atoms. The van der Waals surface area contributed by atoms with Crippen LogP contribution in [0.1, 0.15) is 59.5 Å². The lowest BCUT2D eigenvalue weighted by Crippen LogP contribution is -2.27. The Hall–Kier alpha value is -2.30. The van der Waals surface area contributed by atoms with Crippen LogP contribution in [0.4, 0.5) is 0 Å². The molecule has 0 aliphatic heterocycles. The standard InChI is InChI=1S/C16H19N3O2/c1-9(2)13-8-14(19-18-13)16(21)17-12-7-6-11-10(12)4-3-5-15(11)20/h3-5,8-9,12,20H,6-7H2,1-2H3,(H,17,21)(H,18,19). The second-order valence-corrected chi connectivity index (χ2v) is 5.77. The Labute approximate surface area is 123 Å². The largest absolute Gasteiger partial charge is 0.508 e. The Morgan fingerprint density at radius 2 is 2.29 bits per heavy atom. The lowest BCUT2D eigenvalue weighted by Gasteiger charge is -2.13.